The van der Waals surface area contributed by atoms with Crippen LogP contribution in [0.2, 0.25) is 0 Å². The van der Waals surface area contributed by atoms with Gasteiger partial charge in [0.15, 0.2) is 14.3 Å². The monoisotopic (exact) mass is 310 g/mol. The van der Waals surface area contributed by atoms with Crippen molar-refractivity contribution in [1.82, 2.24) is 24.6 Å². The number of nitrogens with zero attached hydrogens (tertiary/aromatic N) is 5. The average molecular weight is 310 g/mol. The molecule has 0 aliphatic carbocycles. The maximum atomic E-state index is 4.52. The molecule has 0 amide bonds. The Morgan fingerprint density at radius 3 is 2.89 bits per heavy atom. The van der Waals surface area contributed by atoms with Crippen LogP contribution >= 0.6 is 34.9 Å². The number of imidazole rings is 1. The molecule has 98 valence electrons. The van der Waals surface area contributed by atoms with Crippen LogP contribution in [-0.2, 0) is 0 Å². The molecule has 6 nitrogen and oxygen atoms in total. The van der Waals surface area contributed by atoms with Crippen LogP contribution in [0.4, 0.5) is 5.82 Å². The van der Waals surface area contributed by atoms with Crippen molar-refractivity contribution in [1.29, 1.82) is 0 Å². The molecule has 3 rings (SSSR count). The number of nitrogens with one attached hydrogen (secondary N) is 1. The smallest absolute Gasteiger partial charge is 0.181 e. The molecule has 0 aliphatic rings. The van der Waals surface area contributed by atoms with E-state index >= 15 is 0 Å². The largest absolute Gasteiger partial charge is 0.372 e. The second-order valence-electron chi connectivity index (χ2n) is 3.48. The summed E-state index contributed by atoms with van der Waals surface area (Å²) in [6, 6.07) is 0. The molecule has 0 atom stereocenters. The summed E-state index contributed by atoms with van der Waals surface area (Å²) in [7, 11) is 1.84. The molecule has 0 aromatic carbocycles. The first-order valence-corrected chi connectivity index (χ1v) is 8.22. The minimum atomic E-state index is 0.794. The Hall–Kier alpha value is -1.32. The van der Waals surface area contributed by atoms with Gasteiger partial charge in [-0.3, -0.25) is 0 Å². The van der Waals surface area contributed by atoms with Gasteiger partial charge in [0.2, 0.25) is 0 Å². The van der Waals surface area contributed by atoms with Crippen LogP contribution < -0.4 is 5.32 Å². The second-order valence-corrected chi connectivity index (χ2v) is 6.75. The summed E-state index contributed by atoms with van der Waals surface area (Å²) in [6.07, 6.45) is 7.55. The zero-order valence-electron chi connectivity index (χ0n) is 10.2. The third-order valence-electron chi connectivity index (χ3n) is 2.35. The van der Waals surface area contributed by atoms with Gasteiger partial charge in [0, 0.05) is 19.4 Å². The fourth-order valence-corrected chi connectivity index (χ4v) is 3.94. The Morgan fingerprint density at radius 1 is 1.32 bits per heavy atom. The highest BCUT2D eigenvalue weighted by molar-refractivity contribution is 8.03. The van der Waals surface area contributed by atoms with Gasteiger partial charge in [-0.25, -0.2) is 9.97 Å². The van der Waals surface area contributed by atoms with Crippen molar-refractivity contribution in [3.05, 3.63) is 18.6 Å². The summed E-state index contributed by atoms with van der Waals surface area (Å²) in [5.41, 5.74) is 0.824. The van der Waals surface area contributed by atoms with Crippen molar-refractivity contribution >= 4 is 46.3 Å². The van der Waals surface area contributed by atoms with Gasteiger partial charge < -0.3 is 9.72 Å². The minimum Gasteiger partial charge on any atom is -0.372 e. The van der Waals surface area contributed by atoms with Crippen LogP contribution in [0.1, 0.15) is 0 Å². The van der Waals surface area contributed by atoms with Gasteiger partial charge in [0.25, 0.3) is 0 Å². The Bertz CT molecular complexity index is 706. The lowest BCUT2D eigenvalue weighted by molar-refractivity contribution is 0.952. The fraction of sp³-hybridized carbons (Fsp3) is 0.200. The van der Waals surface area contributed by atoms with E-state index in [9.17, 15) is 0 Å². The van der Waals surface area contributed by atoms with Crippen LogP contribution in [0, 0.1) is 0 Å². The van der Waals surface area contributed by atoms with E-state index in [1.165, 1.54) is 11.8 Å². The van der Waals surface area contributed by atoms with Gasteiger partial charge in [0.05, 0.1) is 6.20 Å². The lowest BCUT2D eigenvalue weighted by atomic mass is 10.6. The number of aromatic nitrogens is 5. The third-order valence-corrected chi connectivity index (χ3v) is 5.26. The number of hydrogen-bond acceptors (Lipinski definition) is 8. The second kappa shape index (κ2) is 5.35. The number of rotatable bonds is 4. The van der Waals surface area contributed by atoms with E-state index in [0.717, 1.165) is 25.2 Å². The molecule has 19 heavy (non-hydrogen) atoms. The molecule has 9 heteroatoms. The Morgan fingerprint density at radius 2 is 2.16 bits per heavy atom. The van der Waals surface area contributed by atoms with Gasteiger partial charge in [-0.15, -0.1) is 10.2 Å². The highest BCUT2D eigenvalue weighted by Crippen LogP contribution is 2.33. The van der Waals surface area contributed by atoms with Crippen LogP contribution in [0.3, 0.4) is 0 Å². The van der Waals surface area contributed by atoms with Crippen LogP contribution in [-0.4, -0.2) is 37.9 Å². The molecule has 0 saturated carbocycles. The summed E-state index contributed by atoms with van der Waals surface area (Å²) >= 11 is 4.63. The Kier molecular flexibility index (Phi) is 3.58. The van der Waals surface area contributed by atoms with Crippen molar-refractivity contribution in [2.45, 2.75) is 13.7 Å². The molecule has 0 unspecified atom stereocenters. The van der Waals surface area contributed by atoms with Crippen LogP contribution in [0.15, 0.2) is 32.3 Å². The number of anilines is 1. The minimum absolute atomic E-state index is 0.794. The van der Waals surface area contributed by atoms with Gasteiger partial charge >= 0.3 is 0 Å². The topological polar surface area (TPSA) is 68.0 Å². The van der Waals surface area contributed by atoms with Crippen LogP contribution in [0.5, 0.6) is 0 Å². The molecule has 0 bridgehead atoms. The number of thioether (sulfide) groups is 1. The number of fused-ring (bicyclic) bond motifs is 1. The summed E-state index contributed by atoms with van der Waals surface area (Å²) in [4.78, 5) is 8.84. The molecular formula is C10H10N6S3. The molecule has 3 aromatic rings. The van der Waals surface area contributed by atoms with Gasteiger partial charge in [-0.05, 0) is 18.0 Å². The molecule has 3 aromatic heterocycles. The van der Waals surface area contributed by atoms with Crippen molar-refractivity contribution < 1.29 is 0 Å². The molecule has 0 spiro atoms. The average Bonchev–Trinajstić information content (AvgIpc) is 3.06. The highest BCUT2D eigenvalue weighted by Gasteiger charge is 2.12. The van der Waals surface area contributed by atoms with E-state index in [2.05, 4.69) is 25.5 Å². The zero-order chi connectivity index (χ0) is 13.2. The van der Waals surface area contributed by atoms with Crippen molar-refractivity contribution in [3.8, 4) is 0 Å². The summed E-state index contributed by atoms with van der Waals surface area (Å²) < 4.78 is 3.76. The van der Waals surface area contributed by atoms with Crippen molar-refractivity contribution in [3.63, 3.8) is 0 Å². The molecule has 0 radical (unpaired) electrons. The van der Waals surface area contributed by atoms with E-state index in [1.54, 1.807) is 29.3 Å². The summed E-state index contributed by atoms with van der Waals surface area (Å²) in [6.45, 7) is 0. The fourth-order valence-electron chi connectivity index (χ4n) is 1.50. The quantitative estimate of drug-likeness (QED) is 0.742. The predicted molar refractivity (Wildman–Crippen MR) is 78.3 cm³/mol. The SMILES string of the molecule is CNc1cn2ccnc2c(Sc2nnc(SC)s2)n1. The Balaban J connectivity index is 2.01. The maximum absolute atomic E-state index is 4.52. The molecule has 0 saturated heterocycles. The summed E-state index contributed by atoms with van der Waals surface area (Å²) in [5, 5.41) is 12.1. The van der Waals surface area contributed by atoms with E-state index in [4.69, 9.17) is 0 Å². The zero-order valence-corrected chi connectivity index (χ0v) is 12.6. The lowest BCUT2D eigenvalue weighted by Gasteiger charge is -2.04. The van der Waals surface area contributed by atoms with E-state index < -0.39 is 0 Å². The van der Waals surface area contributed by atoms with E-state index in [1.807, 2.05) is 30.1 Å². The summed E-state index contributed by atoms with van der Waals surface area (Å²) in [5.74, 6) is 0.794. The van der Waals surface area contributed by atoms with Crippen molar-refractivity contribution in [2.24, 2.45) is 0 Å². The molecule has 1 N–H and O–H groups in total. The molecule has 0 aliphatic heterocycles. The number of hydrogen-bond donors (Lipinski definition) is 1. The standard InChI is InChI=1S/C10H10N6S3/c1-11-6-5-16-4-3-12-7(16)8(13-6)18-10-15-14-9(17-2)19-10/h3-5,11H,1-2H3. The molecule has 0 fully saturated rings. The van der Waals surface area contributed by atoms with Gasteiger partial charge in [-0.1, -0.05) is 23.1 Å². The first-order valence-electron chi connectivity index (χ1n) is 5.37. The maximum Gasteiger partial charge on any atom is 0.181 e. The van der Waals surface area contributed by atoms with E-state index in [-0.39, 0.29) is 0 Å². The third kappa shape index (κ3) is 2.53. The normalized spacial score (nSPS) is 11.1. The van der Waals surface area contributed by atoms with Crippen LogP contribution in [0.25, 0.3) is 5.65 Å². The van der Waals surface area contributed by atoms with Crippen molar-refractivity contribution in [2.75, 3.05) is 18.6 Å². The highest BCUT2D eigenvalue weighted by atomic mass is 32.2. The van der Waals surface area contributed by atoms with E-state index in [0.29, 0.717) is 0 Å². The first-order chi connectivity index (χ1) is 9.30. The molecular weight excluding hydrogens is 300 g/mol. The Labute approximate surface area is 122 Å². The predicted octanol–water partition coefficient (Wildman–Crippen LogP) is 2.50. The van der Waals surface area contributed by atoms with Gasteiger partial charge in [0.1, 0.15) is 10.8 Å². The van der Waals surface area contributed by atoms with Gasteiger partial charge in [-0.2, -0.15) is 0 Å². The molecule has 3 heterocycles. The lowest BCUT2D eigenvalue weighted by Crippen LogP contribution is -1.98. The first kappa shape index (κ1) is 12.7.